The summed E-state index contributed by atoms with van der Waals surface area (Å²) >= 11 is 0. The molecule has 1 aliphatic rings. The van der Waals surface area contributed by atoms with E-state index >= 15 is 0 Å². The van der Waals surface area contributed by atoms with Gasteiger partial charge in [0.05, 0.1) is 5.92 Å². The molecule has 0 aromatic rings. The van der Waals surface area contributed by atoms with E-state index in [1.54, 1.807) is 17.9 Å². The van der Waals surface area contributed by atoms with Gasteiger partial charge in [-0.25, -0.2) is 0 Å². The monoisotopic (exact) mass is 211 g/mol. The van der Waals surface area contributed by atoms with Gasteiger partial charge in [0.1, 0.15) is 0 Å². The van der Waals surface area contributed by atoms with Crippen LogP contribution in [0.5, 0.6) is 0 Å². The highest BCUT2D eigenvalue weighted by Gasteiger charge is 2.28. The largest absolute Gasteiger partial charge is 0.481 e. The Morgan fingerprint density at radius 3 is 2.67 bits per heavy atom. The van der Waals surface area contributed by atoms with Crippen molar-refractivity contribution in [2.45, 2.75) is 26.7 Å². The number of rotatable bonds is 2. The first-order valence-electron chi connectivity index (χ1n) is 5.21. The summed E-state index contributed by atoms with van der Waals surface area (Å²) in [7, 11) is 0. The van der Waals surface area contributed by atoms with Crippen molar-refractivity contribution in [1.82, 2.24) is 4.90 Å². The van der Waals surface area contributed by atoms with Crippen molar-refractivity contribution >= 4 is 11.9 Å². The molecule has 0 aliphatic carbocycles. The molecule has 0 radical (unpaired) electrons. The molecule has 15 heavy (non-hydrogen) atoms. The number of nitrogens with zero attached hydrogens (tertiary/aromatic N) is 1. The fourth-order valence-corrected chi connectivity index (χ4v) is 1.74. The van der Waals surface area contributed by atoms with Crippen LogP contribution in [0.15, 0.2) is 11.6 Å². The van der Waals surface area contributed by atoms with Crippen LogP contribution < -0.4 is 0 Å². The number of allylic oxidation sites excluding steroid dienone is 1. The van der Waals surface area contributed by atoms with E-state index in [0.29, 0.717) is 25.1 Å². The maximum Gasteiger partial charge on any atom is 0.308 e. The molecular formula is C11H17NO3. The minimum atomic E-state index is -0.800. The van der Waals surface area contributed by atoms with E-state index in [-0.39, 0.29) is 5.91 Å². The lowest BCUT2D eigenvalue weighted by Crippen LogP contribution is -2.42. The lowest BCUT2D eigenvalue weighted by atomic mass is 9.98. The summed E-state index contributed by atoms with van der Waals surface area (Å²) in [5.74, 6) is -1.23. The minimum absolute atomic E-state index is 0.0385. The molecule has 0 saturated carbocycles. The van der Waals surface area contributed by atoms with Crippen LogP contribution >= 0.6 is 0 Å². The van der Waals surface area contributed by atoms with Crippen LogP contribution in [0.1, 0.15) is 26.7 Å². The Morgan fingerprint density at radius 1 is 1.47 bits per heavy atom. The quantitative estimate of drug-likeness (QED) is 0.700. The molecule has 0 spiro atoms. The molecular weight excluding hydrogens is 194 g/mol. The van der Waals surface area contributed by atoms with Crippen molar-refractivity contribution in [2.24, 2.45) is 5.92 Å². The normalized spacial score (nSPS) is 22.7. The van der Waals surface area contributed by atoms with Gasteiger partial charge in [-0.05, 0) is 26.7 Å². The third-order valence-corrected chi connectivity index (χ3v) is 2.83. The molecule has 0 unspecified atom stereocenters. The molecule has 1 N–H and O–H groups in total. The molecule has 1 rings (SSSR count). The van der Waals surface area contributed by atoms with E-state index in [2.05, 4.69) is 0 Å². The highest BCUT2D eigenvalue weighted by Crippen LogP contribution is 2.18. The maximum absolute atomic E-state index is 11.8. The standard InChI is InChI=1S/C11H17NO3/c1-3-8(2)10(13)12-6-4-5-9(7-12)11(14)15/h3,9H,4-7H2,1-2H3,(H,14,15)/b8-3-/t9-/m0/s1. The van der Waals surface area contributed by atoms with E-state index in [9.17, 15) is 9.59 Å². The second-order valence-corrected chi connectivity index (χ2v) is 3.90. The highest BCUT2D eigenvalue weighted by atomic mass is 16.4. The molecule has 1 saturated heterocycles. The van der Waals surface area contributed by atoms with Crippen molar-refractivity contribution in [3.8, 4) is 0 Å². The SMILES string of the molecule is C/C=C(/C)C(=O)N1CCC[C@H](C(=O)O)C1. The third kappa shape index (κ3) is 2.81. The molecule has 0 aromatic carbocycles. The van der Waals surface area contributed by atoms with Crippen molar-refractivity contribution in [3.05, 3.63) is 11.6 Å². The maximum atomic E-state index is 11.8. The van der Waals surface area contributed by atoms with Gasteiger partial charge in [-0.3, -0.25) is 9.59 Å². The van der Waals surface area contributed by atoms with Crippen LogP contribution in [0.4, 0.5) is 0 Å². The van der Waals surface area contributed by atoms with Gasteiger partial charge < -0.3 is 10.0 Å². The number of likely N-dealkylation sites (tertiary alicyclic amines) is 1. The number of carboxylic acids is 1. The lowest BCUT2D eigenvalue weighted by molar-refractivity contribution is -0.145. The molecule has 1 fully saturated rings. The Hall–Kier alpha value is -1.32. The second-order valence-electron chi connectivity index (χ2n) is 3.90. The van der Waals surface area contributed by atoms with Crippen LogP contribution in [0.2, 0.25) is 0 Å². The molecule has 1 amide bonds. The van der Waals surface area contributed by atoms with E-state index in [0.717, 1.165) is 6.42 Å². The molecule has 1 heterocycles. The smallest absolute Gasteiger partial charge is 0.308 e. The average molecular weight is 211 g/mol. The van der Waals surface area contributed by atoms with Gasteiger partial charge >= 0.3 is 5.97 Å². The lowest BCUT2D eigenvalue weighted by Gasteiger charge is -2.30. The van der Waals surface area contributed by atoms with E-state index < -0.39 is 11.9 Å². The van der Waals surface area contributed by atoms with Crippen molar-refractivity contribution in [1.29, 1.82) is 0 Å². The second kappa shape index (κ2) is 4.96. The van der Waals surface area contributed by atoms with Gasteiger partial charge in [0.2, 0.25) is 5.91 Å². The number of aliphatic carboxylic acids is 1. The minimum Gasteiger partial charge on any atom is -0.481 e. The van der Waals surface area contributed by atoms with Crippen LogP contribution in [-0.2, 0) is 9.59 Å². The first kappa shape index (κ1) is 11.8. The first-order chi connectivity index (χ1) is 7.06. The zero-order valence-electron chi connectivity index (χ0n) is 9.19. The van der Waals surface area contributed by atoms with E-state index in [4.69, 9.17) is 5.11 Å². The van der Waals surface area contributed by atoms with Gasteiger partial charge in [-0.15, -0.1) is 0 Å². The summed E-state index contributed by atoms with van der Waals surface area (Å²) in [5.41, 5.74) is 0.682. The Kier molecular flexibility index (Phi) is 3.88. The molecule has 84 valence electrons. The zero-order valence-corrected chi connectivity index (χ0v) is 9.19. The molecule has 1 aliphatic heterocycles. The fourth-order valence-electron chi connectivity index (χ4n) is 1.74. The molecule has 4 heteroatoms. The molecule has 0 aromatic heterocycles. The summed E-state index contributed by atoms with van der Waals surface area (Å²) in [5, 5.41) is 8.88. The number of carboxylic acid groups (broad SMARTS) is 1. The van der Waals surface area contributed by atoms with Crippen molar-refractivity contribution < 1.29 is 14.7 Å². The predicted molar refractivity (Wildman–Crippen MR) is 56.4 cm³/mol. The number of carbonyl (C=O) groups is 2. The number of hydrogen-bond donors (Lipinski definition) is 1. The zero-order chi connectivity index (χ0) is 11.4. The summed E-state index contributed by atoms with van der Waals surface area (Å²) in [6, 6.07) is 0. The Labute approximate surface area is 89.6 Å². The predicted octanol–water partition coefficient (Wildman–Crippen LogP) is 1.28. The summed E-state index contributed by atoms with van der Waals surface area (Å²) in [4.78, 5) is 24.2. The van der Waals surface area contributed by atoms with Gasteiger partial charge in [-0.1, -0.05) is 6.08 Å². The van der Waals surface area contributed by atoms with Crippen LogP contribution in [0.3, 0.4) is 0 Å². The third-order valence-electron chi connectivity index (χ3n) is 2.83. The summed E-state index contributed by atoms with van der Waals surface area (Å²) < 4.78 is 0. The van der Waals surface area contributed by atoms with E-state index in [1.807, 2.05) is 6.92 Å². The Balaban J connectivity index is 2.64. The van der Waals surface area contributed by atoms with Crippen molar-refractivity contribution in [3.63, 3.8) is 0 Å². The van der Waals surface area contributed by atoms with Gasteiger partial charge in [-0.2, -0.15) is 0 Å². The van der Waals surface area contributed by atoms with Gasteiger partial charge in [0.15, 0.2) is 0 Å². The van der Waals surface area contributed by atoms with Crippen LogP contribution in [0.25, 0.3) is 0 Å². The Bertz CT molecular complexity index is 296. The van der Waals surface area contributed by atoms with E-state index in [1.165, 1.54) is 0 Å². The molecule has 1 atom stereocenters. The van der Waals surface area contributed by atoms with Crippen LogP contribution in [0, 0.1) is 5.92 Å². The first-order valence-corrected chi connectivity index (χ1v) is 5.21. The topological polar surface area (TPSA) is 57.6 Å². The number of piperidine rings is 1. The number of carbonyl (C=O) groups excluding carboxylic acids is 1. The number of amides is 1. The van der Waals surface area contributed by atoms with Gasteiger partial charge in [0.25, 0.3) is 0 Å². The van der Waals surface area contributed by atoms with Gasteiger partial charge in [0, 0.05) is 18.7 Å². The molecule has 4 nitrogen and oxygen atoms in total. The van der Waals surface area contributed by atoms with Crippen molar-refractivity contribution in [2.75, 3.05) is 13.1 Å². The Morgan fingerprint density at radius 2 is 2.13 bits per heavy atom. The number of hydrogen-bond acceptors (Lipinski definition) is 2. The summed E-state index contributed by atoms with van der Waals surface area (Å²) in [6.07, 6.45) is 3.21. The average Bonchev–Trinajstić information content (AvgIpc) is 2.27. The fraction of sp³-hybridized carbons (Fsp3) is 0.636. The van der Waals surface area contributed by atoms with Crippen LogP contribution in [-0.4, -0.2) is 35.0 Å². The highest BCUT2D eigenvalue weighted by molar-refractivity contribution is 5.93. The summed E-state index contributed by atoms with van der Waals surface area (Å²) in [6.45, 7) is 4.59. The molecule has 0 bridgehead atoms.